The molecule has 0 fully saturated rings. The van der Waals surface area contributed by atoms with Crippen molar-refractivity contribution >= 4 is 28.4 Å². The largest absolute Gasteiger partial charge is 0.345 e. The summed E-state index contributed by atoms with van der Waals surface area (Å²) in [7, 11) is 3.41. The fourth-order valence-corrected chi connectivity index (χ4v) is 3.39. The highest BCUT2D eigenvalue weighted by Gasteiger charge is 2.15. The van der Waals surface area contributed by atoms with E-state index in [9.17, 15) is 9.59 Å². The number of nitrogens with zero attached hydrogens (tertiary/aromatic N) is 2. The molecule has 0 saturated heterocycles. The van der Waals surface area contributed by atoms with Gasteiger partial charge in [-0.15, -0.1) is 0 Å². The normalized spacial score (nSPS) is 10.7. The zero-order chi connectivity index (χ0) is 22.0. The van der Waals surface area contributed by atoms with E-state index in [1.54, 1.807) is 38.4 Å². The number of pyridine rings is 1. The van der Waals surface area contributed by atoms with Crippen LogP contribution in [-0.2, 0) is 0 Å². The van der Waals surface area contributed by atoms with Gasteiger partial charge >= 0.3 is 0 Å². The second-order valence-corrected chi connectivity index (χ2v) is 7.67. The Kier molecular flexibility index (Phi) is 5.50. The average Bonchev–Trinajstić information content (AvgIpc) is 2.78. The van der Waals surface area contributed by atoms with Crippen LogP contribution in [0.25, 0.3) is 22.2 Å². The van der Waals surface area contributed by atoms with Crippen molar-refractivity contribution in [2.45, 2.75) is 6.92 Å². The predicted molar refractivity (Wildman–Crippen MR) is 124 cm³/mol. The van der Waals surface area contributed by atoms with Crippen LogP contribution in [0.4, 0.5) is 5.69 Å². The number of carbonyl (C=O) groups is 2. The summed E-state index contributed by atoms with van der Waals surface area (Å²) in [6.07, 6.45) is 0. The Morgan fingerprint density at radius 1 is 0.871 bits per heavy atom. The molecule has 154 valence electrons. The minimum atomic E-state index is -0.223. The predicted octanol–water partition coefficient (Wildman–Crippen LogP) is 5.16. The van der Waals surface area contributed by atoms with Gasteiger partial charge in [-0.05, 0) is 43.3 Å². The number of rotatable bonds is 4. The lowest BCUT2D eigenvalue weighted by Gasteiger charge is -2.12. The molecule has 0 aliphatic heterocycles. The molecule has 2 amide bonds. The van der Waals surface area contributed by atoms with E-state index < -0.39 is 0 Å². The molecule has 1 heterocycles. The summed E-state index contributed by atoms with van der Waals surface area (Å²) in [5.41, 5.74) is 5.37. The number of aromatic nitrogens is 1. The maximum Gasteiger partial charge on any atom is 0.256 e. The van der Waals surface area contributed by atoms with E-state index in [0.29, 0.717) is 16.8 Å². The van der Waals surface area contributed by atoms with Crippen LogP contribution in [-0.4, -0.2) is 35.8 Å². The van der Waals surface area contributed by atoms with Gasteiger partial charge < -0.3 is 10.2 Å². The van der Waals surface area contributed by atoms with Crippen LogP contribution >= 0.6 is 0 Å². The number of amides is 2. The molecule has 4 aromatic rings. The third-order valence-corrected chi connectivity index (χ3v) is 5.10. The van der Waals surface area contributed by atoms with E-state index in [4.69, 9.17) is 4.98 Å². The van der Waals surface area contributed by atoms with Gasteiger partial charge in [-0.2, -0.15) is 0 Å². The Morgan fingerprint density at radius 2 is 1.55 bits per heavy atom. The number of carbonyl (C=O) groups excluding carboxylic acids is 2. The van der Waals surface area contributed by atoms with Crippen LogP contribution in [0.15, 0.2) is 78.9 Å². The highest BCUT2D eigenvalue weighted by Crippen LogP contribution is 2.26. The first-order valence-corrected chi connectivity index (χ1v) is 10.0. The Morgan fingerprint density at radius 3 is 2.23 bits per heavy atom. The Balaban J connectivity index is 1.68. The fourth-order valence-electron chi connectivity index (χ4n) is 3.39. The summed E-state index contributed by atoms with van der Waals surface area (Å²) in [5.74, 6) is -0.306. The summed E-state index contributed by atoms with van der Waals surface area (Å²) in [6.45, 7) is 2.04. The number of nitrogens with one attached hydrogen (secondary N) is 1. The lowest BCUT2D eigenvalue weighted by molar-refractivity contribution is 0.0827. The Hall–Kier alpha value is -3.99. The van der Waals surface area contributed by atoms with Crippen molar-refractivity contribution < 1.29 is 9.59 Å². The number of anilines is 1. The molecule has 0 saturated carbocycles. The van der Waals surface area contributed by atoms with Crippen LogP contribution < -0.4 is 5.32 Å². The molecule has 3 aromatic carbocycles. The highest BCUT2D eigenvalue weighted by molar-refractivity contribution is 6.13. The van der Waals surface area contributed by atoms with Crippen molar-refractivity contribution in [2.24, 2.45) is 0 Å². The second-order valence-electron chi connectivity index (χ2n) is 7.67. The molecule has 0 unspecified atom stereocenters. The maximum absolute atomic E-state index is 13.2. The maximum atomic E-state index is 13.2. The third kappa shape index (κ3) is 4.31. The Bertz CT molecular complexity index is 1260. The molecule has 0 bridgehead atoms. The molecule has 5 heteroatoms. The van der Waals surface area contributed by atoms with Gasteiger partial charge in [0.05, 0.1) is 16.8 Å². The first kappa shape index (κ1) is 20.3. The van der Waals surface area contributed by atoms with Crippen molar-refractivity contribution in [3.8, 4) is 11.3 Å². The topological polar surface area (TPSA) is 62.3 Å². The van der Waals surface area contributed by atoms with Crippen LogP contribution in [0.1, 0.15) is 26.3 Å². The second kappa shape index (κ2) is 8.40. The van der Waals surface area contributed by atoms with Crippen molar-refractivity contribution in [1.82, 2.24) is 9.88 Å². The molecular formula is C26H23N3O2. The van der Waals surface area contributed by atoms with Gasteiger partial charge in [0.2, 0.25) is 0 Å². The minimum absolute atomic E-state index is 0.0826. The quantitative estimate of drug-likeness (QED) is 0.506. The van der Waals surface area contributed by atoms with E-state index in [-0.39, 0.29) is 11.8 Å². The van der Waals surface area contributed by atoms with Crippen LogP contribution in [0.5, 0.6) is 0 Å². The van der Waals surface area contributed by atoms with Gasteiger partial charge in [-0.25, -0.2) is 4.98 Å². The highest BCUT2D eigenvalue weighted by atomic mass is 16.2. The van der Waals surface area contributed by atoms with Gasteiger partial charge in [0.1, 0.15) is 0 Å². The first-order valence-electron chi connectivity index (χ1n) is 10.0. The van der Waals surface area contributed by atoms with Crippen molar-refractivity contribution in [3.63, 3.8) is 0 Å². The summed E-state index contributed by atoms with van der Waals surface area (Å²) in [4.78, 5) is 31.5. The van der Waals surface area contributed by atoms with E-state index in [2.05, 4.69) is 5.32 Å². The van der Waals surface area contributed by atoms with Gasteiger partial charge in [0, 0.05) is 36.3 Å². The minimum Gasteiger partial charge on any atom is -0.345 e. The molecule has 1 N–H and O–H groups in total. The lowest BCUT2D eigenvalue weighted by atomic mass is 10.0. The third-order valence-electron chi connectivity index (χ3n) is 5.10. The average molecular weight is 409 g/mol. The number of hydrogen-bond donors (Lipinski definition) is 1. The molecule has 31 heavy (non-hydrogen) atoms. The van der Waals surface area contributed by atoms with Gasteiger partial charge in [-0.1, -0.05) is 48.0 Å². The van der Waals surface area contributed by atoms with Crippen LogP contribution in [0.3, 0.4) is 0 Å². The monoisotopic (exact) mass is 409 g/mol. The first-order chi connectivity index (χ1) is 14.9. The molecule has 5 nitrogen and oxygen atoms in total. The van der Waals surface area contributed by atoms with Crippen LogP contribution in [0.2, 0.25) is 0 Å². The number of aryl methyl sites for hydroxylation is 1. The molecule has 4 rings (SSSR count). The summed E-state index contributed by atoms with van der Waals surface area (Å²) in [6, 6.07) is 24.4. The van der Waals surface area contributed by atoms with Gasteiger partial charge in [0.25, 0.3) is 11.8 Å². The lowest BCUT2D eigenvalue weighted by Crippen LogP contribution is -2.21. The smallest absolute Gasteiger partial charge is 0.256 e. The van der Waals surface area contributed by atoms with E-state index in [0.717, 1.165) is 22.2 Å². The number of para-hydroxylation sites is 1. The molecule has 0 atom stereocenters. The molecule has 0 spiro atoms. The van der Waals surface area contributed by atoms with E-state index in [1.165, 1.54) is 10.5 Å². The van der Waals surface area contributed by atoms with Crippen molar-refractivity contribution in [1.29, 1.82) is 0 Å². The van der Waals surface area contributed by atoms with Crippen LogP contribution in [0, 0.1) is 6.92 Å². The van der Waals surface area contributed by atoms with E-state index in [1.807, 2.05) is 61.5 Å². The van der Waals surface area contributed by atoms with Gasteiger partial charge in [0.15, 0.2) is 0 Å². The van der Waals surface area contributed by atoms with Crippen molar-refractivity contribution in [3.05, 3.63) is 95.6 Å². The number of hydrogen-bond acceptors (Lipinski definition) is 3. The molecule has 0 radical (unpaired) electrons. The molecule has 1 aromatic heterocycles. The standard InChI is InChI=1S/C26H23N3O2/c1-17-8-10-18(11-9-17)24-16-22(21-6-4-5-7-23(21)28-24)25(30)27-20-14-12-19(13-15-20)26(31)29(2)3/h4-16H,1-3H3,(H,27,30). The zero-order valence-corrected chi connectivity index (χ0v) is 17.7. The number of benzene rings is 3. The summed E-state index contributed by atoms with van der Waals surface area (Å²) < 4.78 is 0. The van der Waals surface area contributed by atoms with Crippen molar-refractivity contribution in [2.75, 3.05) is 19.4 Å². The fraction of sp³-hybridized carbons (Fsp3) is 0.115. The molecule has 0 aliphatic carbocycles. The Labute approximate surface area is 181 Å². The zero-order valence-electron chi connectivity index (χ0n) is 17.7. The molecular weight excluding hydrogens is 386 g/mol. The van der Waals surface area contributed by atoms with E-state index >= 15 is 0 Å². The number of fused-ring (bicyclic) bond motifs is 1. The molecule has 0 aliphatic rings. The summed E-state index contributed by atoms with van der Waals surface area (Å²) >= 11 is 0. The summed E-state index contributed by atoms with van der Waals surface area (Å²) in [5, 5.41) is 3.73. The SMILES string of the molecule is Cc1ccc(-c2cc(C(=O)Nc3ccc(C(=O)N(C)C)cc3)c3ccccc3n2)cc1. The van der Waals surface area contributed by atoms with Gasteiger partial charge in [-0.3, -0.25) is 9.59 Å².